The molecule has 2 rings (SSSR count). The normalized spacial score (nSPS) is 22.1. The molecule has 1 N–H and O–H groups in total. The molecule has 0 aliphatic heterocycles. The smallest absolute Gasteiger partial charge is 0.310 e. The molecule has 0 saturated carbocycles. The minimum atomic E-state index is -0.928. The van der Waals surface area contributed by atoms with Crippen molar-refractivity contribution in [2.75, 3.05) is 6.61 Å². The summed E-state index contributed by atoms with van der Waals surface area (Å²) in [5.41, 5.74) is 2.07. The summed E-state index contributed by atoms with van der Waals surface area (Å²) in [5.74, 6) is -2.58. The van der Waals surface area contributed by atoms with Gasteiger partial charge in [0.05, 0.1) is 18.4 Å². The molecule has 4 nitrogen and oxygen atoms in total. The van der Waals surface area contributed by atoms with Crippen molar-refractivity contribution in [2.24, 2.45) is 11.8 Å². The Bertz CT molecular complexity index is 467. The second kappa shape index (κ2) is 5.21. The number of aliphatic carboxylic acids is 1. The lowest BCUT2D eigenvalue weighted by molar-refractivity contribution is -0.157. The number of hydrogen-bond donors (Lipinski definition) is 1. The topological polar surface area (TPSA) is 63.6 Å². The Kier molecular flexibility index (Phi) is 3.65. The predicted molar refractivity (Wildman–Crippen MR) is 65.1 cm³/mol. The summed E-state index contributed by atoms with van der Waals surface area (Å²) < 4.78 is 4.97. The van der Waals surface area contributed by atoms with Crippen LogP contribution in [0.15, 0.2) is 24.3 Å². The van der Waals surface area contributed by atoms with Crippen LogP contribution in [-0.2, 0) is 27.2 Å². The van der Waals surface area contributed by atoms with E-state index in [1.807, 2.05) is 24.3 Å². The van der Waals surface area contributed by atoms with E-state index in [9.17, 15) is 14.7 Å². The van der Waals surface area contributed by atoms with Crippen LogP contribution >= 0.6 is 0 Å². The van der Waals surface area contributed by atoms with Gasteiger partial charge in [-0.1, -0.05) is 24.3 Å². The average Bonchev–Trinajstić information content (AvgIpc) is 2.37. The zero-order valence-corrected chi connectivity index (χ0v) is 10.3. The molecule has 4 heteroatoms. The highest BCUT2D eigenvalue weighted by Crippen LogP contribution is 2.31. The van der Waals surface area contributed by atoms with E-state index in [-0.39, 0.29) is 6.61 Å². The Labute approximate surface area is 106 Å². The number of fused-ring (bicyclic) bond motifs is 1. The SMILES string of the molecule is CCOC(=O)[C@@H]1Cc2ccccc2C[C@H]1C(=O)O. The van der Waals surface area contributed by atoms with Crippen molar-refractivity contribution in [3.05, 3.63) is 35.4 Å². The van der Waals surface area contributed by atoms with Crippen molar-refractivity contribution in [1.82, 2.24) is 0 Å². The summed E-state index contributed by atoms with van der Waals surface area (Å²) in [6, 6.07) is 7.66. The molecule has 1 aliphatic rings. The molecule has 0 fully saturated rings. The number of rotatable bonds is 3. The second-order valence-electron chi connectivity index (χ2n) is 4.48. The van der Waals surface area contributed by atoms with Crippen LogP contribution in [0.4, 0.5) is 0 Å². The standard InChI is InChI=1S/C14H16O4/c1-2-18-14(17)12-8-10-6-4-3-5-9(10)7-11(12)13(15)16/h3-6,11-12H,2,7-8H2,1H3,(H,15,16)/t11-,12-/m1/s1. The lowest BCUT2D eigenvalue weighted by Crippen LogP contribution is -2.37. The van der Waals surface area contributed by atoms with Gasteiger partial charge in [-0.25, -0.2) is 0 Å². The van der Waals surface area contributed by atoms with Gasteiger partial charge in [0.15, 0.2) is 0 Å². The summed E-state index contributed by atoms with van der Waals surface area (Å²) in [7, 11) is 0. The number of hydrogen-bond acceptors (Lipinski definition) is 3. The molecule has 0 spiro atoms. The van der Waals surface area contributed by atoms with Crippen molar-refractivity contribution in [2.45, 2.75) is 19.8 Å². The van der Waals surface area contributed by atoms with Gasteiger partial charge >= 0.3 is 11.9 Å². The van der Waals surface area contributed by atoms with E-state index in [1.165, 1.54) is 0 Å². The monoisotopic (exact) mass is 248 g/mol. The second-order valence-corrected chi connectivity index (χ2v) is 4.48. The van der Waals surface area contributed by atoms with E-state index in [0.29, 0.717) is 12.8 Å². The predicted octanol–water partition coefficient (Wildman–Crippen LogP) is 1.67. The first-order valence-corrected chi connectivity index (χ1v) is 6.09. The number of esters is 1. The van der Waals surface area contributed by atoms with Gasteiger partial charge in [0.2, 0.25) is 0 Å². The zero-order valence-electron chi connectivity index (χ0n) is 10.3. The van der Waals surface area contributed by atoms with Gasteiger partial charge in [0, 0.05) is 0 Å². The largest absolute Gasteiger partial charge is 0.481 e. The number of benzene rings is 1. The van der Waals surface area contributed by atoms with Gasteiger partial charge in [0.1, 0.15) is 0 Å². The number of carbonyl (C=O) groups is 2. The molecule has 0 amide bonds. The molecule has 2 atom stereocenters. The Hall–Kier alpha value is -1.84. The molecular weight excluding hydrogens is 232 g/mol. The van der Waals surface area contributed by atoms with Crippen LogP contribution in [0.1, 0.15) is 18.1 Å². The molecule has 1 aliphatic carbocycles. The summed E-state index contributed by atoms with van der Waals surface area (Å²) in [6.45, 7) is 2.01. The van der Waals surface area contributed by atoms with Crippen LogP contribution in [0.2, 0.25) is 0 Å². The third kappa shape index (κ3) is 2.37. The fourth-order valence-electron chi connectivity index (χ4n) is 2.47. The van der Waals surface area contributed by atoms with Crippen LogP contribution in [0.3, 0.4) is 0 Å². The van der Waals surface area contributed by atoms with Gasteiger partial charge in [0.25, 0.3) is 0 Å². The van der Waals surface area contributed by atoms with Crippen LogP contribution in [-0.4, -0.2) is 23.7 Å². The quantitative estimate of drug-likeness (QED) is 0.826. The molecule has 1 aromatic carbocycles. The van der Waals surface area contributed by atoms with E-state index in [1.54, 1.807) is 6.92 Å². The molecule has 0 bridgehead atoms. The maximum absolute atomic E-state index is 11.8. The lowest BCUT2D eigenvalue weighted by atomic mass is 9.76. The Morgan fingerprint density at radius 3 is 2.28 bits per heavy atom. The molecule has 1 aromatic rings. The Morgan fingerprint density at radius 1 is 1.22 bits per heavy atom. The summed E-state index contributed by atoms with van der Waals surface area (Å²) in [6.07, 6.45) is 0.848. The first kappa shape index (κ1) is 12.6. The zero-order chi connectivity index (χ0) is 13.1. The highest BCUT2D eigenvalue weighted by Gasteiger charge is 2.38. The third-order valence-electron chi connectivity index (χ3n) is 3.39. The third-order valence-corrected chi connectivity index (χ3v) is 3.39. The van der Waals surface area contributed by atoms with Gasteiger partial charge in [-0.2, -0.15) is 0 Å². The molecule has 0 saturated heterocycles. The van der Waals surface area contributed by atoms with E-state index in [2.05, 4.69) is 0 Å². The highest BCUT2D eigenvalue weighted by molar-refractivity contribution is 5.82. The maximum atomic E-state index is 11.8. The van der Waals surface area contributed by atoms with E-state index < -0.39 is 23.8 Å². The van der Waals surface area contributed by atoms with E-state index in [0.717, 1.165) is 11.1 Å². The number of carboxylic acid groups (broad SMARTS) is 1. The number of carboxylic acids is 1. The van der Waals surface area contributed by atoms with Crippen molar-refractivity contribution in [1.29, 1.82) is 0 Å². The summed E-state index contributed by atoms with van der Waals surface area (Å²) in [5, 5.41) is 9.24. The molecule has 0 unspecified atom stereocenters. The molecule has 0 aromatic heterocycles. The fraction of sp³-hybridized carbons (Fsp3) is 0.429. The van der Waals surface area contributed by atoms with E-state index >= 15 is 0 Å². The molecule has 0 heterocycles. The number of ether oxygens (including phenoxy) is 1. The lowest BCUT2D eigenvalue weighted by Gasteiger charge is -2.28. The first-order valence-electron chi connectivity index (χ1n) is 6.09. The van der Waals surface area contributed by atoms with Crippen molar-refractivity contribution in [3.63, 3.8) is 0 Å². The minimum absolute atomic E-state index is 0.281. The highest BCUT2D eigenvalue weighted by atomic mass is 16.5. The molecule has 96 valence electrons. The van der Waals surface area contributed by atoms with Gasteiger partial charge in [-0.3, -0.25) is 9.59 Å². The molecular formula is C14H16O4. The van der Waals surface area contributed by atoms with Crippen LogP contribution in [0, 0.1) is 11.8 Å². The first-order chi connectivity index (χ1) is 8.63. The minimum Gasteiger partial charge on any atom is -0.481 e. The Balaban J connectivity index is 2.28. The molecule has 0 radical (unpaired) electrons. The van der Waals surface area contributed by atoms with Gasteiger partial charge in [-0.05, 0) is 30.9 Å². The molecule has 18 heavy (non-hydrogen) atoms. The van der Waals surface area contributed by atoms with Crippen molar-refractivity contribution < 1.29 is 19.4 Å². The fourth-order valence-corrected chi connectivity index (χ4v) is 2.47. The Morgan fingerprint density at radius 2 is 1.78 bits per heavy atom. The number of carbonyl (C=O) groups excluding carboxylic acids is 1. The van der Waals surface area contributed by atoms with Crippen LogP contribution < -0.4 is 0 Å². The van der Waals surface area contributed by atoms with Crippen LogP contribution in [0.25, 0.3) is 0 Å². The van der Waals surface area contributed by atoms with E-state index in [4.69, 9.17) is 4.74 Å². The van der Waals surface area contributed by atoms with Crippen molar-refractivity contribution in [3.8, 4) is 0 Å². The van der Waals surface area contributed by atoms with Gasteiger partial charge in [-0.15, -0.1) is 0 Å². The average molecular weight is 248 g/mol. The van der Waals surface area contributed by atoms with Gasteiger partial charge < -0.3 is 9.84 Å². The van der Waals surface area contributed by atoms with Crippen LogP contribution in [0.5, 0.6) is 0 Å². The summed E-state index contributed by atoms with van der Waals surface area (Å²) >= 11 is 0. The summed E-state index contributed by atoms with van der Waals surface area (Å²) in [4.78, 5) is 23.1. The maximum Gasteiger partial charge on any atom is 0.310 e. The van der Waals surface area contributed by atoms with Crippen molar-refractivity contribution >= 4 is 11.9 Å².